The Labute approximate surface area is 205 Å². The van der Waals surface area contributed by atoms with Crippen molar-refractivity contribution in [2.24, 2.45) is 11.8 Å². The highest BCUT2D eigenvalue weighted by atomic mass is 16.5. The number of hydrogen-bond donors (Lipinski definition) is 3. The van der Waals surface area contributed by atoms with Crippen LogP contribution in [0.4, 0.5) is 5.69 Å². The molecule has 3 N–H and O–H groups in total. The van der Waals surface area contributed by atoms with Crippen LogP contribution >= 0.6 is 0 Å². The lowest BCUT2D eigenvalue weighted by molar-refractivity contribution is -0.147. The number of hydrogen-bond acceptors (Lipinski definition) is 5. The van der Waals surface area contributed by atoms with Gasteiger partial charge < -0.3 is 25.4 Å². The smallest absolute Gasteiger partial charge is 0.250 e. The summed E-state index contributed by atoms with van der Waals surface area (Å²) in [6.07, 6.45) is 1.87. The molecule has 3 saturated heterocycles. The summed E-state index contributed by atoms with van der Waals surface area (Å²) in [5.74, 6) is -2.32. The zero-order valence-electron chi connectivity index (χ0n) is 20.4. The van der Waals surface area contributed by atoms with E-state index in [2.05, 4.69) is 10.6 Å². The van der Waals surface area contributed by atoms with E-state index in [1.807, 2.05) is 56.3 Å². The number of amides is 3. The SMILES string of the molecule is CCCNC(=O)[C@@H]1[C@H]2C(=O)N([C@H](C)CO)C(C(=O)Nc3ccc4ccccc4c3)C23CC[C@@]1(C)O3. The molecule has 3 heterocycles. The third-order valence-electron chi connectivity index (χ3n) is 8.05. The highest BCUT2D eigenvalue weighted by Gasteiger charge is 2.78. The topological polar surface area (TPSA) is 108 Å². The van der Waals surface area contributed by atoms with Gasteiger partial charge in [-0.3, -0.25) is 14.4 Å². The molecular formula is C27H33N3O5. The van der Waals surface area contributed by atoms with Gasteiger partial charge in [-0.1, -0.05) is 37.3 Å². The molecule has 35 heavy (non-hydrogen) atoms. The number of aliphatic hydroxyl groups excluding tert-OH is 1. The van der Waals surface area contributed by atoms with Gasteiger partial charge in [-0.05, 0) is 56.0 Å². The fourth-order valence-corrected chi connectivity index (χ4v) is 6.46. The van der Waals surface area contributed by atoms with Crippen molar-refractivity contribution in [1.29, 1.82) is 0 Å². The quantitative estimate of drug-likeness (QED) is 0.565. The molecule has 2 bridgehead atoms. The van der Waals surface area contributed by atoms with Gasteiger partial charge in [0, 0.05) is 12.2 Å². The van der Waals surface area contributed by atoms with Gasteiger partial charge in [-0.2, -0.15) is 0 Å². The summed E-state index contributed by atoms with van der Waals surface area (Å²) in [7, 11) is 0. The summed E-state index contributed by atoms with van der Waals surface area (Å²) in [5.41, 5.74) is -1.30. The molecule has 1 spiro atoms. The minimum atomic E-state index is -1.11. The van der Waals surface area contributed by atoms with Crippen LogP contribution in [0.15, 0.2) is 42.5 Å². The van der Waals surface area contributed by atoms with Gasteiger partial charge in [0.15, 0.2) is 0 Å². The molecule has 0 aliphatic carbocycles. The molecule has 3 amide bonds. The summed E-state index contributed by atoms with van der Waals surface area (Å²) in [6, 6.07) is 12.0. The third-order valence-corrected chi connectivity index (χ3v) is 8.05. The molecule has 2 unspecified atom stereocenters. The van der Waals surface area contributed by atoms with Gasteiger partial charge in [0.25, 0.3) is 0 Å². The number of nitrogens with zero attached hydrogens (tertiary/aromatic N) is 1. The summed E-state index contributed by atoms with van der Waals surface area (Å²) < 4.78 is 6.56. The fourth-order valence-electron chi connectivity index (χ4n) is 6.46. The van der Waals surface area contributed by atoms with Crippen molar-refractivity contribution in [2.75, 3.05) is 18.5 Å². The fraction of sp³-hybridized carbons (Fsp3) is 0.519. The third kappa shape index (κ3) is 3.53. The van der Waals surface area contributed by atoms with Crippen molar-refractivity contribution in [2.45, 2.75) is 63.3 Å². The number of likely N-dealkylation sites (tertiary alicyclic amines) is 1. The minimum Gasteiger partial charge on any atom is -0.394 e. The first-order valence-corrected chi connectivity index (χ1v) is 12.5. The summed E-state index contributed by atoms with van der Waals surface area (Å²) in [6.45, 7) is 5.79. The first-order chi connectivity index (χ1) is 16.8. The van der Waals surface area contributed by atoms with Gasteiger partial charge in [0.2, 0.25) is 17.7 Å². The average Bonchev–Trinajstić information content (AvgIpc) is 3.42. The molecule has 8 nitrogen and oxygen atoms in total. The Hall–Kier alpha value is -2.97. The van der Waals surface area contributed by atoms with Crippen LogP contribution in [0.1, 0.15) is 40.0 Å². The van der Waals surface area contributed by atoms with Crippen LogP contribution < -0.4 is 10.6 Å². The van der Waals surface area contributed by atoms with Crippen molar-refractivity contribution in [3.8, 4) is 0 Å². The number of nitrogens with one attached hydrogen (secondary N) is 2. The van der Waals surface area contributed by atoms with Crippen LogP contribution in [0.25, 0.3) is 10.8 Å². The predicted molar refractivity (Wildman–Crippen MR) is 131 cm³/mol. The lowest BCUT2D eigenvalue weighted by atomic mass is 9.66. The first-order valence-electron chi connectivity index (χ1n) is 12.5. The van der Waals surface area contributed by atoms with Crippen molar-refractivity contribution in [1.82, 2.24) is 10.2 Å². The van der Waals surface area contributed by atoms with Crippen LogP contribution in [-0.4, -0.2) is 64.2 Å². The van der Waals surface area contributed by atoms with Crippen LogP contribution in [0.3, 0.4) is 0 Å². The van der Waals surface area contributed by atoms with Gasteiger partial charge >= 0.3 is 0 Å². The van der Waals surface area contributed by atoms with Gasteiger partial charge in [-0.15, -0.1) is 0 Å². The number of aliphatic hydroxyl groups is 1. The number of benzene rings is 2. The zero-order valence-corrected chi connectivity index (χ0v) is 20.4. The number of anilines is 1. The molecule has 8 heteroatoms. The highest BCUT2D eigenvalue weighted by Crippen LogP contribution is 2.63. The number of carbonyl (C=O) groups is 3. The normalized spacial score (nSPS) is 32.1. The summed E-state index contributed by atoms with van der Waals surface area (Å²) >= 11 is 0. The Kier molecular flexibility index (Phi) is 5.84. The standard InChI is InChI=1S/C27H33N3O5/c1-4-13-28-23(32)20-21-25(34)30(16(2)15-31)22(27(21)12-11-26(20,3)35-27)24(33)29-19-10-9-17-7-5-6-8-18(17)14-19/h5-10,14,16,20-22,31H,4,11-13,15H2,1-3H3,(H,28,32)(H,29,33)/t16-,20+,21+,22?,26-,27?/m1/s1. The Morgan fingerprint density at radius 1 is 1.17 bits per heavy atom. The van der Waals surface area contributed by atoms with Gasteiger partial charge in [0.05, 0.1) is 30.1 Å². The van der Waals surface area contributed by atoms with Crippen molar-refractivity contribution < 1.29 is 24.2 Å². The number of rotatable bonds is 7. The molecule has 3 aliphatic rings. The maximum absolute atomic E-state index is 13.8. The number of carbonyl (C=O) groups excluding carboxylic acids is 3. The van der Waals surface area contributed by atoms with Crippen LogP contribution in [0.2, 0.25) is 0 Å². The van der Waals surface area contributed by atoms with E-state index in [1.54, 1.807) is 6.92 Å². The van der Waals surface area contributed by atoms with Crippen LogP contribution in [-0.2, 0) is 19.1 Å². The molecule has 0 radical (unpaired) electrons. The lowest BCUT2D eigenvalue weighted by Crippen LogP contribution is -2.55. The largest absolute Gasteiger partial charge is 0.394 e. The molecular weight excluding hydrogens is 446 g/mol. The summed E-state index contributed by atoms with van der Waals surface area (Å²) in [4.78, 5) is 42.3. The highest BCUT2D eigenvalue weighted by molar-refractivity contribution is 6.04. The maximum Gasteiger partial charge on any atom is 0.250 e. The van der Waals surface area contributed by atoms with E-state index in [0.717, 1.165) is 17.2 Å². The van der Waals surface area contributed by atoms with Gasteiger partial charge in [-0.25, -0.2) is 0 Å². The van der Waals surface area contributed by atoms with E-state index < -0.39 is 35.1 Å². The Morgan fingerprint density at radius 3 is 2.63 bits per heavy atom. The second-order valence-electron chi connectivity index (χ2n) is 10.3. The predicted octanol–water partition coefficient (Wildman–Crippen LogP) is 2.45. The lowest BCUT2D eigenvalue weighted by Gasteiger charge is -2.35. The number of ether oxygens (including phenoxy) is 1. The van der Waals surface area contributed by atoms with Crippen LogP contribution in [0.5, 0.6) is 0 Å². The second kappa shape index (κ2) is 8.60. The van der Waals surface area contributed by atoms with E-state index in [-0.39, 0.29) is 24.3 Å². The number of fused-ring (bicyclic) bond motifs is 2. The molecule has 5 rings (SSSR count). The maximum atomic E-state index is 13.8. The second-order valence-corrected chi connectivity index (χ2v) is 10.3. The molecule has 0 aromatic heterocycles. The molecule has 186 valence electrons. The molecule has 2 aromatic carbocycles. The summed E-state index contributed by atoms with van der Waals surface area (Å²) in [5, 5.41) is 17.9. The Morgan fingerprint density at radius 2 is 1.91 bits per heavy atom. The minimum absolute atomic E-state index is 0.207. The van der Waals surface area contributed by atoms with Crippen molar-refractivity contribution >= 4 is 34.2 Å². The van der Waals surface area contributed by atoms with E-state index in [9.17, 15) is 19.5 Å². The van der Waals surface area contributed by atoms with E-state index >= 15 is 0 Å². The first kappa shape index (κ1) is 23.8. The molecule has 0 saturated carbocycles. The van der Waals surface area contributed by atoms with Crippen molar-refractivity contribution in [3.63, 3.8) is 0 Å². The van der Waals surface area contributed by atoms with E-state index in [1.165, 1.54) is 4.90 Å². The Bertz CT molecular complexity index is 1180. The molecule has 6 atom stereocenters. The van der Waals surface area contributed by atoms with E-state index in [0.29, 0.717) is 25.1 Å². The molecule has 2 aromatic rings. The Balaban J connectivity index is 1.51. The van der Waals surface area contributed by atoms with E-state index in [4.69, 9.17) is 4.74 Å². The average molecular weight is 480 g/mol. The monoisotopic (exact) mass is 479 g/mol. The van der Waals surface area contributed by atoms with Gasteiger partial charge in [0.1, 0.15) is 11.6 Å². The zero-order chi connectivity index (χ0) is 25.0. The molecule has 3 aliphatic heterocycles. The van der Waals surface area contributed by atoms with Crippen molar-refractivity contribution in [3.05, 3.63) is 42.5 Å². The van der Waals surface area contributed by atoms with Crippen LogP contribution in [0, 0.1) is 11.8 Å². The molecule has 3 fully saturated rings.